The van der Waals surface area contributed by atoms with Crippen molar-refractivity contribution in [1.29, 1.82) is 0 Å². The van der Waals surface area contributed by atoms with E-state index in [4.69, 9.17) is 19.2 Å². The van der Waals surface area contributed by atoms with Crippen LogP contribution in [0.5, 0.6) is 5.88 Å². The molecule has 3 aliphatic rings. The van der Waals surface area contributed by atoms with Crippen LogP contribution in [0.25, 0.3) is 0 Å². The van der Waals surface area contributed by atoms with Gasteiger partial charge in [-0.3, -0.25) is 9.89 Å². The zero-order valence-corrected chi connectivity index (χ0v) is 27.5. The van der Waals surface area contributed by atoms with Crippen molar-refractivity contribution in [2.45, 2.75) is 71.6 Å². The molecular formula is C34H46FN5O5. The Balaban J connectivity index is 1.24. The lowest BCUT2D eigenvalue weighted by atomic mass is 9.89. The lowest BCUT2D eigenvalue weighted by molar-refractivity contribution is 0.0138. The van der Waals surface area contributed by atoms with E-state index in [1.807, 2.05) is 52.5 Å². The zero-order valence-electron chi connectivity index (χ0n) is 27.5. The molecule has 45 heavy (non-hydrogen) atoms. The van der Waals surface area contributed by atoms with Gasteiger partial charge in [0.25, 0.3) is 0 Å². The maximum Gasteiger partial charge on any atom is 0.410 e. The summed E-state index contributed by atoms with van der Waals surface area (Å²) in [5.74, 6) is 0.976. The molecule has 0 saturated carbocycles. The highest BCUT2D eigenvalue weighted by atomic mass is 19.1. The van der Waals surface area contributed by atoms with Crippen molar-refractivity contribution in [1.82, 2.24) is 19.7 Å². The van der Waals surface area contributed by atoms with Crippen molar-refractivity contribution >= 4 is 23.6 Å². The number of hydrogen-bond acceptors (Lipinski definition) is 8. The first-order valence-electron chi connectivity index (χ1n) is 15.8. The third-order valence-electron chi connectivity index (χ3n) is 8.36. The molecule has 5 rings (SSSR count). The predicted octanol–water partition coefficient (Wildman–Crippen LogP) is 6.22. The van der Waals surface area contributed by atoms with Crippen molar-refractivity contribution in [3.8, 4) is 5.88 Å². The molecule has 0 N–H and O–H groups in total. The number of rotatable bonds is 6. The number of ether oxygens (including phenoxy) is 3. The largest absolute Gasteiger partial charge is 0.476 e. The summed E-state index contributed by atoms with van der Waals surface area (Å²) in [6, 6.07) is 8.51. The molecule has 2 fully saturated rings. The van der Waals surface area contributed by atoms with E-state index in [1.165, 1.54) is 11.0 Å². The summed E-state index contributed by atoms with van der Waals surface area (Å²) < 4.78 is 31.3. The number of benzene rings is 1. The number of likely N-dealkylation sites (N-methyl/N-ethyl adjacent to an activating group) is 1. The molecule has 0 radical (unpaired) electrons. The van der Waals surface area contributed by atoms with Gasteiger partial charge in [-0.15, -0.1) is 0 Å². The third kappa shape index (κ3) is 8.31. The van der Waals surface area contributed by atoms with Crippen molar-refractivity contribution in [3.63, 3.8) is 0 Å². The molecule has 0 bridgehead atoms. The van der Waals surface area contributed by atoms with Gasteiger partial charge < -0.3 is 24.0 Å². The first-order chi connectivity index (χ1) is 21.1. The zero-order chi connectivity index (χ0) is 32.5. The summed E-state index contributed by atoms with van der Waals surface area (Å²) in [5.41, 5.74) is 2.32. The highest BCUT2D eigenvalue weighted by Crippen LogP contribution is 2.43. The number of pyridine rings is 1. The van der Waals surface area contributed by atoms with Crippen LogP contribution < -0.4 is 4.74 Å². The summed E-state index contributed by atoms with van der Waals surface area (Å²) in [5, 5.41) is 0. The molecule has 3 unspecified atom stereocenters. The van der Waals surface area contributed by atoms with Crippen molar-refractivity contribution in [2.24, 2.45) is 16.8 Å². The second-order valence-corrected chi connectivity index (χ2v) is 14.3. The number of nitrogens with zero attached hydrogens (tertiary/aromatic N) is 5. The maximum atomic E-state index is 14.5. The fourth-order valence-corrected chi connectivity index (χ4v) is 6.19. The van der Waals surface area contributed by atoms with Gasteiger partial charge in [0.15, 0.2) is 0 Å². The highest BCUT2D eigenvalue weighted by Gasteiger charge is 2.43. The molecule has 244 valence electrons. The Morgan fingerprint density at radius 2 is 1.73 bits per heavy atom. The number of fused-ring (bicyclic) bond motifs is 2. The van der Waals surface area contributed by atoms with Gasteiger partial charge >= 0.3 is 12.2 Å². The van der Waals surface area contributed by atoms with Gasteiger partial charge in [-0.2, -0.15) is 0 Å². The lowest BCUT2D eigenvalue weighted by Crippen LogP contribution is -2.45. The Hall–Kier alpha value is -3.73. The molecule has 1 aromatic heterocycles. The van der Waals surface area contributed by atoms with Gasteiger partial charge in [0.05, 0.1) is 17.9 Å². The van der Waals surface area contributed by atoms with Crippen LogP contribution in [-0.2, 0) is 9.47 Å². The molecule has 2 amide bonds. The molecule has 1 aromatic carbocycles. The Labute approximate surface area is 265 Å². The first-order valence-corrected chi connectivity index (χ1v) is 15.8. The Morgan fingerprint density at radius 1 is 1.00 bits per heavy atom. The van der Waals surface area contributed by atoms with Crippen LogP contribution in [0.4, 0.5) is 19.7 Å². The number of piperidine rings is 1. The Bertz CT molecular complexity index is 1420. The van der Waals surface area contributed by atoms with E-state index in [-0.39, 0.29) is 24.6 Å². The SMILES string of the molecule is CN(CCOc1ccc(C2=Nc3ccc(F)cc3C(N3CC4CCN(C(=O)OC(C)(C)C)CC4C3)C2)cn1)C(=O)OC(C)(C)C. The number of hydrogen-bond donors (Lipinski definition) is 0. The quantitative estimate of drug-likeness (QED) is 0.377. The number of carbonyl (C=O) groups excluding carboxylic acids is 2. The van der Waals surface area contributed by atoms with E-state index in [9.17, 15) is 14.0 Å². The van der Waals surface area contributed by atoms with E-state index in [0.717, 1.165) is 42.0 Å². The number of halogens is 1. The van der Waals surface area contributed by atoms with Crippen LogP contribution in [0.3, 0.4) is 0 Å². The van der Waals surface area contributed by atoms with Crippen LogP contribution in [0.15, 0.2) is 41.5 Å². The summed E-state index contributed by atoms with van der Waals surface area (Å²) >= 11 is 0. The predicted molar refractivity (Wildman–Crippen MR) is 170 cm³/mol. The standard InChI is InChI=1S/C34H46FN5O5/c1-33(2,3)44-31(41)38(7)14-15-43-30-11-8-22(18-36-30)28-17-29(26-16-25(35)9-10-27(26)37-28)40-19-23-12-13-39(20-24(23)21-40)32(42)45-34(4,5)6/h8-11,16,18,23-24,29H,12-15,17,19-21H2,1-7H3. The normalized spacial score (nSPS) is 21.8. The molecule has 3 atom stereocenters. The minimum atomic E-state index is -0.560. The van der Waals surface area contributed by atoms with Gasteiger partial charge in [-0.05, 0) is 89.6 Å². The fourth-order valence-electron chi connectivity index (χ4n) is 6.19. The van der Waals surface area contributed by atoms with Gasteiger partial charge in [-0.1, -0.05) is 0 Å². The van der Waals surface area contributed by atoms with Crippen molar-refractivity contribution < 1.29 is 28.2 Å². The van der Waals surface area contributed by atoms with Gasteiger partial charge in [0.2, 0.25) is 5.88 Å². The first kappa shape index (κ1) is 32.7. The summed E-state index contributed by atoms with van der Waals surface area (Å²) in [4.78, 5) is 40.1. The van der Waals surface area contributed by atoms with Crippen LogP contribution in [0.1, 0.15) is 71.6 Å². The number of carbonyl (C=O) groups is 2. The smallest absolute Gasteiger partial charge is 0.410 e. The number of amides is 2. The minimum absolute atomic E-state index is 0.0388. The fraction of sp³-hybridized carbons (Fsp3) is 0.588. The maximum absolute atomic E-state index is 14.5. The van der Waals surface area contributed by atoms with Crippen LogP contribution >= 0.6 is 0 Å². The number of aliphatic imine (C=N–C) groups is 1. The molecule has 0 aliphatic carbocycles. The molecule has 4 heterocycles. The van der Waals surface area contributed by atoms with Crippen LogP contribution in [0.2, 0.25) is 0 Å². The third-order valence-corrected chi connectivity index (χ3v) is 8.36. The van der Waals surface area contributed by atoms with Crippen LogP contribution in [-0.4, -0.2) is 95.2 Å². The van der Waals surface area contributed by atoms with Gasteiger partial charge in [-0.25, -0.2) is 19.0 Å². The molecule has 11 heteroatoms. The second kappa shape index (κ2) is 12.9. The molecule has 2 saturated heterocycles. The summed E-state index contributed by atoms with van der Waals surface area (Å²) in [7, 11) is 1.67. The topological polar surface area (TPSA) is 96.8 Å². The van der Waals surface area contributed by atoms with E-state index in [1.54, 1.807) is 31.4 Å². The van der Waals surface area contributed by atoms with Gasteiger partial charge in [0.1, 0.15) is 23.6 Å². The number of likely N-dealkylation sites (tertiary alicyclic amines) is 2. The average molecular weight is 624 g/mol. The lowest BCUT2D eigenvalue weighted by Gasteiger charge is -2.35. The number of aromatic nitrogens is 1. The second-order valence-electron chi connectivity index (χ2n) is 14.3. The Morgan fingerprint density at radius 3 is 2.42 bits per heavy atom. The Kier molecular flexibility index (Phi) is 9.39. The van der Waals surface area contributed by atoms with Crippen LogP contribution in [0, 0.1) is 17.7 Å². The average Bonchev–Trinajstić information content (AvgIpc) is 3.38. The van der Waals surface area contributed by atoms with Crippen molar-refractivity contribution in [2.75, 3.05) is 46.4 Å². The summed E-state index contributed by atoms with van der Waals surface area (Å²) in [6.07, 6.45) is 2.63. The molecule has 0 spiro atoms. The summed E-state index contributed by atoms with van der Waals surface area (Å²) in [6.45, 7) is 14.8. The highest BCUT2D eigenvalue weighted by molar-refractivity contribution is 6.03. The van der Waals surface area contributed by atoms with E-state index in [0.29, 0.717) is 43.8 Å². The van der Waals surface area contributed by atoms with E-state index >= 15 is 0 Å². The molecule has 10 nitrogen and oxygen atoms in total. The molecular weight excluding hydrogens is 577 g/mol. The van der Waals surface area contributed by atoms with E-state index < -0.39 is 17.3 Å². The molecule has 2 aromatic rings. The van der Waals surface area contributed by atoms with E-state index in [2.05, 4.69) is 9.88 Å². The van der Waals surface area contributed by atoms with Crippen molar-refractivity contribution in [3.05, 3.63) is 53.5 Å². The molecule has 3 aliphatic heterocycles. The minimum Gasteiger partial charge on any atom is -0.476 e. The monoisotopic (exact) mass is 623 g/mol. The van der Waals surface area contributed by atoms with Gasteiger partial charge in [0, 0.05) is 63.5 Å².